The van der Waals surface area contributed by atoms with E-state index in [9.17, 15) is 0 Å². The molecule has 0 aliphatic heterocycles. The standard InChI is InChI=1S/C11H11ClN2OS/c12-8-3-1-7(2-4-8)5-9-10(6-15)14-11(16)13-9/h1-4,15H,5-6H2,(H2,13,14,16). The number of imidazole rings is 1. The van der Waals surface area contributed by atoms with Gasteiger partial charge >= 0.3 is 0 Å². The van der Waals surface area contributed by atoms with Crippen LogP contribution in [0.15, 0.2) is 29.4 Å². The van der Waals surface area contributed by atoms with Gasteiger partial charge in [0, 0.05) is 11.4 Å². The summed E-state index contributed by atoms with van der Waals surface area (Å²) < 4.78 is 0. The summed E-state index contributed by atoms with van der Waals surface area (Å²) in [5.74, 6) is 0. The van der Waals surface area contributed by atoms with Crippen LogP contribution < -0.4 is 0 Å². The first-order chi connectivity index (χ1) is 7.69. The molecule has 0 saturated carbocycles. The Morgan fingerprint density at radius 1 is 1.31 bits per heavy atom. The van der Waals surface area contributed by atoms with E-state index < -0.39 is 0 Å². The van der Waals surface area contributed by atoms with Crippen LogP contribution in [0.5, 0.6) is 0 Å². The molecule has 1 aromatic heterocycles. The van der Waals surface area contributed by atoms with Crippen molar-refractivity contribution in [2.24, 2.45) is 0 Å². The summed E-state index contributed by atoms with van der Waals surface area (Å²) in [5.41, 5.74) is 2.62. The third-order valence-corrected chi connectivity index (χ3v) is 2.76. The Morgan fingerprint density at radius 3 is 2.62 bits per heavy atom. The second-order valence-corrected chi connectivity index (χ2v) is 4.31. The number of hydrogen-bond acceptors (Lipinski definition) is 3. The molecule has 0 aliphatic rings. The SMILES string of the molecule is OCc1[nH]c(S)nc1Cc1ccc(Cl)cc1. The van der Waals surface area contributed by atoms with Crippen LogP contribution in [0, 0.1) is 0 Å². The molecule has 0 amide bonds. The van der Waals surface area contributed by atoms with Crippen molar-refractivity contribution >= 4 is 24.2 Å². The van der Waals surface area contributed by atoms with E-state index in [4.69, 9.17) is 16.7 Å². The van der Waals surface area contributed by atoms with Crippen molar-refractivity contribution in [3.8, 4) is 0 Å². The number of nitrogens with one attached hydrogen (secondary N) is 1. The van der Waals surface area contributed by atoms with Crippen LogP contribution in [0.2, 0.25) is 5.02 Å². The summed E-state index contributed by atoms with van der Waals surface area (Å²) >= 11 is 9.92. The van der Waals surface area contributed by atoms with E-state index in [-0.39, 0.29) is 6.61 Å². The van der Waals surface area contributed by atoms with Crippen molar-refractivity contribution in [2.75, 3.05) is 0 Å². The molecule has 0 bridgehead atoms. The van der Waals surface area contributed by atoms with Gasteiger partial charge in [-0.05, 0) is 17.7 Å². The topological polar surface area (TPSA) is 48.9 Å². The fourth-order valence-electron chi connectivity index (χ4n) is 1.50. The Balaban J connectivity index is 2.22. The second kappa shape index (κ2) is 4.91. The number of benzene rings is 1. The molecule has 3 nitrogen and oxygen atoms in total. The summed E-state index contributed by atoms with van der Waals surface area (Å²) in [6, 6.07) is 7.56. The van der Waals surface area contributed by atoms with Crippen LogP contribution in [0.1, 0.15) is 17.0 Å². The van der Waals surface area contributed by atoms with E-state index in [1.165, 1.54) is 0 Å². The highest BCUT2D eigenvalue weighted by molar-refractivity contribution is 7.80. The summed E-state index contributed by atoms with van der Waals surface area (Å²) in [4.78, 5) is 7.12. The first-order valence-electron chi connectivity index (χ1n) is 4.81. The van der Waals surface area contributed by atoms with E-state index >= 15 is 0 Å². The minimum Gasteiger partial charge on any atom is -0.390 e. The van der Waals surface area contributed by atoms with E-state index in [1.807, 2.05) is 24.3 Å². The number of aliphatic hydroxyl groups excluding tert-OH is 1. The van der Waals surface area contributed by atoms with Crippen LogP contribution in [-0.4, -0.2) is 15.1 Å². The molecule has 16 heavy (non-hydrogen) atoms. The Bertz CT molecular complexity index is 481. The number of thiol groups is 1. The van der Waals surface area contributed by atoms with Crippen LogP contribution in [0.4, 0.5) is 0 Å². The Hall–Kier alpha value is -0.970. The molecule has 1 heterocycles. The molecule has 2 rings (SSSR count). The maximum absolute atomic E-state index is 9.13. The smallest absolute Gasteiger partial charge is 0.162 e. The van der Waals surface area contributed by atoms with Crippen molar-refractivity contribution in [3.05, 3.63) is 46.2 Å². The third-order valence-electron chi connectivity index (χ3n) is 2.29. The van der Waals surface area contributed by atoms with Crippen molar-refractivity contribution in [1.82, 2.24) is 9.97 Å². The van der Waals surface area contributed by atoms with Gasteiger partial charge in [0.25, 0.3) is 0 Å². The van der Waals surface area contributed by atoms with Gasteiger partial charge in [-0.15, -0.1) is 12.6 Å². The molecular formula is C11H11ClN2OS. The molecule has 0 atom stereocenters. The number of halogens is 1. The van der Waals surface area contributed by atoms with E-state index in [0.717, 1.165) is 11.3 Å². The van der Waals surface area contributed by atoms with Gasteiger partial charge in [0.15, 0.2) is 5.16 Å². The molecule has 0 fully saturated rings. The van der Waals surface area contributed by atoms with Gasteiger partial charge in [-0.2, -0.15) is 0 Å². The molecular weight excluding hydrogens is 244 g/mol. The molecule has 0 radical (unpaired) electrons. The number of nitrogens with zero attached hydrogens (tertiary/aromatic N) is 1. The molecule has 84 valence electrons. The van der Waals surface area contributed by atoms with Crippen LogP contribution in [-0.2, 0) is 13.0 Å². The van der Waals surface area contributed by atoms with Gasteiger partial charge in [0.1, 0.15) is 0 Å². The quantitative estimate of drug-likeness (QED) is 0.737. The normalized spacial score (nSPS) is 10.7. The molecule has 0 saturated heterocycles. The Morgan fingerprint density at radius 2 is 2.00 bits per heavy atom. The maximum atomic E-state index is 9.13. The molecule has 1 aromatic carbocycles. The predicted octanol–water partition coefficient (Wildman–Crippen LogP) is 2.43. The van der Waals surface area contributed by atoms with Crippen molar-refractivity contribution in [2.45, 2.75) is 18.2 Å². The number of aromatic amines is 1. The van der Waals surface area contributed by atoms with Gasteiger partial charge in [-0.1, -0.05) is 23.7 Å². The summed E-state index contributed by atoms with van der Waals surface area (Å²) in [6.45, 7) is -0.0590. The van der Waals surface area contributed by atoms with Crippen LogP contribution >= 0.6 is 24.2 Å². The number of hydrogen-bond donors (Lipinski definition) is 3. The highest BCUT2D eigenvalue weighted by atomic mass is 35.5. The number of aromatic nitrogens is 2. The average molecular weight is 255 g/mol. The minimum atomic E-state index is -0.0590. The van der Waals surface area contributed by atoms with Gasteiger partial charge in [-0.3, -0.25) is 0 Å². The van der Waals surface area contributed by atoms with Crippen molar-refractivity contribution in [3.63, 3.8) is 0 Å². The lowest BCUT2D eigenvalue weighted by atomic mass is 10.1. The monoisotopic (exact) mass is 254 g/mol. The maximum Gasteiger partial charge on any atom is 0.162 e. The zero-order valence-electron chi connectivity index (χ0n) is 8.44. The highest BCUT2D eigenvalue weighted by Crippen LogP contribution is 2.16. The molecule has 0 unspecified atom stereocenters. The second-order valence-electron chi connectivity index (χ2n) is 3.45. The third kappa shape index (κ3) is 2.58. The first-order valence-corrected chi connectivity index (χ1v) is 5.63. The minimum absolute atomic E-state index is 0.0590. The number of H-pyrrole nitrogens is 1. The van der Waals surface area contributed by atoms with E-state index in [0.29, 0.717) is 22.3 Å². The fraction of sp³-hybridized carbons (Fsp3) is 0.182. The molecule has 2 aromatic rings. The zero-order valence-corrected chi connectivity index (χ0v) is 10.1. The van der Waals surface area contributed by atoms with Crippen molar-refractivity contribution in [1.29, 1.82) is 0 Å². The lowest BCUT2D eigenvalue weighted by Crippen LogP contribution is -1.94. The summed E-state index contributed by atoms with van der Waals surface area (Å²) in [5, 5.41) is 10.4. The lowest BCUT2D eigenvalue weighted by Gasteiger charge is -2.00. The fourth-order valence-corrected chi connectivity index (χ4v) is 1.88. The summed E-state index contributed by atoms with van der Waals surface area (Å²) in [6.07, 6.45) is 0.657. The predicted molar refractivity (Wildman–Crippen MR) is 66.0 cm³/mol. The van der Waals surface area contributed by atoms with Gasteiger partial charge in [0.05, 0.1) is 18.0 Å². The Labute approximate surface area is 104 Å². The Kier molecular flexibility index (Phi) is 3.53. The number of rotatable bonds is 3. The van der Waals surface area contributed by atoms with Crippen LogP contribution in [0.25, 0.3) is 0 Å². The largest absolute Gasteiger partial charge is 0.390 e. The van der Waals surface area contributed by atoms with E-state index in [1.54, 1.807) is 0 Å². The summed E-state index contributed by atoms with van der Waals surface area (Å²) in [7, 11) is 0. The molecule has 0 aliphatic carbocycles. The number of aliphatic hydroxyl groups is 1. The first kappa shape index (κ1) is 11.5. The van der Waals surface area contributed by atoms with Gasteiger partial charge in [0.2, 0.25) is 0 Å². The van der Waals surface area contributed by atoms with Gasteiger partial charge < -0.3 is 10.1 Å². The van der Waals surface area contributed by atoms with Crippen molar-refractivity contribution < 1.29 is 5.11 Å². The molecule has 0 spiro atoms. The average Bonchev–Trinajstić information content (AvgIpc) is 2.62. The van der Waals surface area contributed by atoms with Gasteiger partial charge in [-0.25, -0.2) is 4.98 Å². The molecule has 2 N–H and O–H groups in total. The lowest BCUT2D eigenvalue weighted by molar-refractivity contribution is 0.276. The highest BCUT2D eigenvalue weighted by Gasteiger charge is 2.08. The van der Waals surface area contributed by atoms with Crippen LogP contribution in [0.3, 0.4) is 0 Å². The molecule has 5 heteroatoms. The van der Waals surface area contributed by atoms with E-state index in [2.05, 4.69) is 22.6 Å². The zero-order chi connectivity index (χ0) is 11.5.